The molecule has 148 valence electrons. The third kappa shape index (κ3) is 4.07. The lowest BCUT2D eigenvalue weighted by Gasteiger charge is -2.12. The molecular weight excluding hydrogens is 374 g/mol. The van der Waals surface area contributed by atoms with Crippen LogP contribution in [0.3, 0.4) is 0 Å². The molecule has 2 aromatic heterocycles. The maximum absolute atomic E-state index is 12.5. The molecule has 0 atom stereocenters. The molecule has 0 aliphatic heterocycles. The Labute approximate surface area is 169 Å². The van der Waals surface area contributed by atoms with E-state index >= 15 is 0 Å². The average molecular weight is 400 g/mol. The van der Waals surface area contributed by atoms with Gasteiger partial charge in [0.2, 0.25) is 0 Å². The van der Waals surface area contributed by atoms with Gasteiger partial charge in [-0.3, -0.25) is 4.79 Å². The zero-order valence-electron chi connectivity index (χ0n) is 16.2. The number of aromatic amines is 1. The first-order valence-electron chi connectivity index (χ1n) is 10.1. The summed E-state index contributed by atoms with van der Waals surface area (Å²) in [4.78, 5) is 15.9. The Morgan fingerprint density at radius 3 is 2.86 bits per heavy atom. The number of carbonyl (C=O) groups is 1. The van der Waals surface area contributed by atoms with Crippen LogP contribution in [-0.2, 0) is 6.42 Å². The van der Waals surface area contributed by atoms with Gasteiger partial charge >= 0.3 is 0 Å². The molecule has 2 heterocycles. The number of carbonyl (C=O) groups excluding carboxylic acids is 1. The molecule has 1 aromatic carbocycles. The van der Waals surface area contributed by atoms with Crippen LogP contribution in [0, 0.1) is 6.92 Å². The number of aryl methyl sites for hydroxylation is 1. The van der Waals surface area contributed by atoms with Crippen LogP contribution in [0.15, 0.2) is 24.4 Å². The van der Waals surface area contributed by atoms with Crippen LogP contribution in [-0.4, -0.2) is 32.4 Å². The van der Waals surface area contributed by atoms with Gasteiger partial charge in [0, 0.05) is 28.2 Å². The summed E-state index contributed by atoms with van der Waals surface area (Å²) in [5.74, 6) is -0.171. The van der Waals surface area contributed by atoms with Gasteiger partial charge in [-0.2, -0.15) is 0 Å². The number of fused-ring (bicyclic) bond motifs is 1. The van der Waals surface area contributed by atoms with Crippen molar-refractivity contribution < 1.29 is 4.79 Å². The topological polar surface area (TPSA) is 75.6 Å². The molecule has 1 aliphatic rings. The highest BCUT2D eigenvalue weighted by molar-refractivity contribution is 6.31. The van der Waals surface area contributed by atoms with E-state index in [4.69, 9.17) is 11.6 Å². The molecule has 7 heteroatoms. The number of nitrogens with zero attached hydrogens (tertiary/aromatic N) is 3. The van der Waals surface area contributed by atoms with Crippen molar-refractivity contribution in [1.82, 2.24) is 25.3 Å². The third-order valence-electron chi connectivity index (χ3n) is 5.68. The van der Waals surface area contributed by atoms with Crippen LogP contribution in [0.5, 0.6) is 0 Å². The monoisotopic (exact) mass is 399 g/mol. The van der Waals surface area contributed by atoms with E-state index in [1.54, 1.807) is 6.20 Å². The lowest BCUT2D eigenvalue weighted by molar-refractivity contribution is 0.0949. The highest BCUT2D eigenvalue weighted by Gasteiger charge is 2.18. The van der Waals surface area contributed by atoms with E-state index in [2.05, 4.69) is 20.6 Å². The van der Waals surface area contributed by atoms with Gasteiger partial charge in [0.15, 0.2) is 5.69 Å². The first-order chi connectivity index (χ1) is 13.6. The van der Waals surface area contributed by atoms with Crippen molar-refractivity contribution in [1.29, 1.82) is 0 Å². The second kappa shape index (κ2) is 8.35. The molecule has 3 aromatic rings. The first kappa shape index (κ1) is 19.0. The number of benzene rings is 1. The molecule has 0 saturated heterocycles. The molecular formula is C21H26ClN5O. The normalized spacial score (nSPS) is 15.6. The van der Waals surface area contributed by atoms with Crippen LogP contribution < -0.4 is 5.32 Å². The standard InChI is InChI=1S/C21H26ClN5O/c1-14-17(18-12-15(22)8-9-19(18)24-14)10-11-23-21(28)20-13-27(26-25-20)16-6-4-2-3-5-7-16/h8-9,12-13,16,24H,2-7,10-11H2,1H3,(H,23,28). The van der Waals surface area contributed by atoms with Crippen LogP contribution in [0.25, 0.3) is 10.9 Å². The fourth-order valence-electron chi connectivity index (χ4n) is 4.15. The minimum Gasteiger partial charge on any atom is -0.358 e. The van der Waals surface area contributed by atoms with Crippen molar-refractivity contribution in [2.24, 2.45) is 0 Å². The Bertz CT molecular complexity index is 968. The van der Waals surface area contributed by atoms with E-state index < -0.39 is 0 Å². The van der Waals surface area contributed by atoms with Crippen LogP contribution in [0.4, 0.5) is 0 Å². The maximum atomic E-state index is 12.5. The number of halogens is 1. The molecule has 1 amide bonds. The van der Waals surface area contributed by atoms with Crippen molar-refractivity contribution >= 4 is 28.4 Å². The number of hydrogen-bond donors (Lipinski definition) is 2. The van der Waals surface area contributed by atoms with Crippen molar-refractivity contribution in [3.63, 3.8) is 0 Å². The summed E-state index contributed by atoms with van der Waals surface area (Å²) in [5.41, 5.74) is 3.74. The maximum Gasteiger partial charge on any atom is 0.273 e. The smallest absolute Gasteiger partial charge is 0.273 e. The highest BCUT2D eigenvalue weighted by atomic mass is 35.5. The summed E-state index contributed by atoms with van der Waals surface area (Å²) in [6.45, 7) is 2.58. The van der Waals surface area contributed by atoms with Crippen LogP contribution in [0.1, 0.15) is 66.3 Å². The average Bonchev–Trinajstić information content (AvgIpc) is 3.18. The summed E-state index contributed by atoms with van der Waals surface area (Å²) in [5, 5.41) is 13.1. The second-order valence-electron chi connectivity index (χ2n) is 7.65. The lowest BCUT2D eigenvalue weighted by Crippen LogP contribution is -2.26. The number of amides is 1. The van der Waals surface area contributed by atoms with Gasteiger partial charge in [-0.15, -0.1) is 5.10 Å². The largest absolute Gasteiger partial charge is 0.358 e. The molecule has 1 saturated carbocycles. The molecule has 0 unspecified atom stereocenters. The van der Waals surface area contributed by atoms with Crippen molar-refractivity contribution in [3.05, 3.63) is 46.4 Å². The SMILES string of the molecule is Cc1[nH]c2ccc(Cl)cc2c1CCNC(=O)c1cn(C2CCCCCC2)nn1. The molecule has 6 nitrogen and oxygen atoms in total. The van der Waals surface area contributed by atoms with Gasteiger partial charge in [0.25, 0.3) is 5.91 Å². The summed E-state index contributed by atoms with van der Waals surface area (Å²) in [6.07, 6.45) is 9.78. The van der Waals surface area contributed by atoms with E-state index in [-0.39, 0.29) is 5.91 Å². The Hall–Kier alpha value is -2.34. The van der Waals surface area contributed by atoms with E-state index in [1.165, 1.54) is 31.2 Å². The number of aromatic nitrogens is 4. The molecule has 1 aliphatic carbocycles. The predicted molar refractivity (Wildman–Crippen MR) is 111 cm³/mol. The van der Waals surface area contributed by atoms with Crippen LogP contribution >= 0.6 is 11.6 Å². The minimum absolute atomic E-state index is 0.171. The minimum atomic E-state index is -0.171. The molecule has 28 heavy (non-hydrogen) atoms. The molecule has 0 radical (unpaired) electrons. The fourth-order valence-corrected chi connectivity index (χ4v) is 4.32. The van der Waals surface area contributed by atoms with Gasteiger partial charge in [0.05, 0.1) is 12.2 Å². The fraction of sp³-hybridized carbons (Fsp3) is 0.476. The third-order valence-corrected chi connectivity index (χ3v) is 5.92. The Kier molecular flexibility index (Phi) is 5.67. The van der Waals surface area contributed by atoms with Crippen molar-refractivity contribution in [2.75, 3.05) is 6.54 Å². The highest BCUT2D eigenvalue weighted by Crippen LogP contribution is 2.27. The number of hydrogen-bond acceptors (Lipinski definition) is 3. The summed E-state index contributed by atoms with van der Waals surface area (Å²) < 4.78 is 1.88. The van der Waals surface area contributed by atoms with E-state index in [0.29, 0.717) is 23.3 Å². The number of H-pyrrole nitrogens is 1. The van der Waals surface area contributed by atoms with E-state index in [0.717, 1.165) is 35.9 Å². The first-order valence-corrected chi connectivity index (χ1v) is 10.5. The van der Waals surface area contributed by atoms with E-state index in [9.17, 15) is 4.79 Å². The van der Waals surface area contributed by atoms with Gasteiger partial charge in [-0.1, -0.05) is 42.5 Å². The predicted octanol–water partition coefficient (Wildman–Crippen LogP) is 4.59. The second-order valence-corrected chi connectivity index (χ2v) is 8.09. The molecule has 0 spiro atoms. The van der Waals surface area contributed by atoms with Gasteiger partial charge < -0.3 is 10.3 Å². The molecule has 0 bridgehead atoms. The zero-order chi connectivity index (χ0) is 19.5. The van der Waals surface area contributed by atoms with Gasteiger partial charge in [0.1, 0.15) is 0 Å². The number of nitrogens with one attached hydrogen (secondary N) is 2. The van der Waals surface area contributed by atoms with E-state index in [1.807, 2.05) is 29.8 Å². The quantitative estimate of drug-likeness (QED) is 0.616. The zero-order valence-corrected chi connectivity index (χ0v) is 16.9. The Balaban J connectivity index is 1.37. The Morgan fingerprint density at radius 1 is 1.29 bits per heavy atom. The molecule has 4 rings (SSSR count). The Morgan fingerprint density at radius 2 is 2.07 bits per heavy atom. The molecule has 1 fully saturated rings. The summed E-state index contributed by atoms with van der Waals surface area (Å²) in [7, 11) is 0. The summed E-state index contributed by atoms with van der Waals surface area (Å²) in [6, 6.07) is 6.20. The van der Waals surface area contributed by atoms with Crippen molar-refractivity contribution in [3.8, 4) is 0 Å². The van der Waals surface area contributed by atoms with Gasteiger partial charge in [-0.05, 0) is 49.9 Å². The summed E-state index contributed by atoms with van der Waals surface area (Å²) >= 11 is 6.14. The van der Waals surface area contributed by atoms with Gasteiger partial charge in [-0.25, -0.2) is 4.68 Å². The van der Waals surface area contributed by atoms with Crippen LogP contribution in [0.2, 0.25) is 5.02 Å². The molecule has 2 N–H and O–H groups in total. The van der Waals surface area contributed by atoms with Crippen molar-refractivity contribution in [2.45, 2.75) is 57.9 Å². The lowest BCUT2D eigenvalue weighted by atomic mass is 10.1. The number of rotatable bonds is 5.